The van der Waals surface area contributed by atoms with Crippen molar-refractivity contribution in [3.05, 3.63) is 22.4 Å². The molecule has 2 amide bonds. The summed E-state index contributed by atoms with van der Waals surface area (Å²) in [7, 11) is 0. The second kappa shape index (κ2) is 6.15. The molecule has 21 heavy (non-hydrogen) atoms. The van der Waals surface area contributed by atoms with Crippen LogP contribution in [0.2, 0.25) is 0 Å². The van der Waals surface area contributed by atoms with Gasteiger partial charge in [-0.3, -0.25) is 14.5 Å². The number of rotatable bonds is 6. The maximum atomic E-state index is 12.6. The van der Waals surface area contributed by atoms with E-state index in [-0.39, 0.29) is 17.7 Å². The third kappa shape index (κ3) is 3.63. The van der Waals surface area contributed by atoms with Gasteiger partial charge in [0.2, 0.25) is 11.8 Å². The molecule has 1 aromatic rings. The van der Waals surface area contributed by atoms with E-state index in [0.29, 0.717) is 25.7 Å². The first-order valence-corrected chi connectivity index (χ1v) is 8.35. The number of nitrogens with zero attached hydrogens (tertiary/aromatic N) is 2. The molecule has 5 nitrogen and oxygen atoms in total. The van der Waals surface area contributed by atoms with Crippen molar-refractivity contribution in [3.8, 4) is 0 Å². The van der Waals surface area contributed by atoms with Crippen molar-refractivity contribution in [1.29, 1.82) is 0 Å². The van der Waals surface area contributed by atoms with Crippen molar-refractivity contribution in [2.45, 2.75) is 31.8 Å². The van der Waals surface area contributed by atoms with Gasteiger partial charge in [-0.15, -0.1) is 11.3 Å². The van der Waals surface area contributed by atoms with Crippen molar-refractivity contribution in [3.63, 3.8) is 0 Å². The average molecular weight is 307 g/mol. The van der Waals surface area contributed by atoms with E-state index in [1.807, 2.05) is 16.3 Å². The van der Waals surface area contributed by atoms with E-state index in [4.69, 9.17) is 5.73 Å². The molecule has 0 bridgehead atoms. The Balaban J connectivity index is 1.56. The molecule has 1 aromatic heterocycles. The molecule has 0 radical (unpaired) electrons. The zero-order valence-corrected chi connectivity index (χ0v) is 12.8. The van der Waals surface area contributed by atoms with Crippen LogP contribution in [0.15, 0.2) is 17.5 Å². The van der Waals surface area contributed by atoms with Crippen LogP contribution < -0.4 is 5.73 Å². The van der Waals surface area contributed by atoms with E-state index in [2.05, 4.69) is 11.0 Å². The Bertz CT molecular complexity index is 513. The van der Waals surface area contributed by atoms with E-state index in [0.717, 1.165) is 25.8 Å². The zero-order chi connectivity index (χ0) is 14.8. The number of likely N-dealkylation sites (tertiary alicyclic amines) is 1. The number of carbonyl (C=O) groups is 2. The number of thiophene rings is 1. The third-order valence-electron chi connectivity index (χ3n) is 4.25. The summed E-state index contributed by atoms with van der Waals surface area (Å²) in [6, 6.07) is 4.51. The summed E-state index contributed by atoms with van der Waals surface area (Å²) in [5.74, 6) is -0.164. The van der Waals surface area contributed by atoms with Crippen LogP contribution in [0.25, 0.3) is 0 Å². The highest BCUT2D eigenvalue weighted by molar-refractivity contribution is 7.09. The molecule has 3 rings (SSSR count). The first-order valence-electron chi connectivity index (χ1n) is 7.47. The monoisotopic (exact) mass is 307 g/mol. The Kier molecular flexibility index (Phi) is 4.26. The van der Waals surface area contributed by atoms with E-state index in [9.17, 15) is 9.59 Å². The van der Waals surface area contributed by atoms with Gasteiger partial charge in [0.05, 0.1) is 19.0 Å². The quantitative estimate of drug-likeness (QED) is 0.854. The lowest BCUT2D eigenvalue weighted by atomic mass is 10.1. The highest BCUT2D eigenvalue weighted by atomic mass is 32.1. The van der Waals surface area contributed by atoms with Gasteiger partial charge in [-0.2, -0.15) is 0 Å². The van der Waals surface area contributed by atoms with Crippen molar-refractivity contribution in [2.75, 3.05) is 19.6 Å². The minimum atomic E-state index is -0.248. The fraction of sp³-hybridized carbons (Fsp3) is 0.600. The van der Waals surface area contributed by atoms with Crippen molar-refractivity contribution in [1.82, 2.24) is 9.80 Å². The van der Waals surface area contributed by atoms with Gasteiger partial charge >= 0.3 is 0 Å². The molecule has 1 aliphatic heterocycles. The van der Waals surface area contributed by atoms with Crippen LogP contribution in [-0.2, 0) is 16.1 Å². The fourth-order valence-corrected chi connectivity index (χ4v) is 3.57. The summed E-state index contributed by atoms with van der Waals surface area (Å²) in [4.78, 5) is 29.0. The molecule has 2 heterocycles. The van der Waals surface area contributed by atoms with E-state index < -0.39 is 0 Å². The van der Waals surface area contributed by atoms with Crippen LogP contribution in [0.5, 0.6) is 0 Å². The Morgan fingerprint density at radius 1 is 1.38 bits per heavy atom. The molecule has 1 saturated carbocycles. The second-order valence-corrected chi connectivity index (χ2v) is 6.99. The summed E-state index contributed by atoms with van der Waals surface area (Å²) in [6.07, 6.45) is 3.00. The Labute approximate surface area is 128 Å². The van der Waals surface area contributed by atoms with E-state index in [1.165, 1.54) is 4.88 Å². The molecule has 1 aliphatic carbocycles. The van der Waals surface area contributed by atoms with Gasteiger partial charge in [-0.25, -0.2) is 0 Å². The molecule has 0 aromatic carbocycles. The van der Waals surface area contributed by atoms with Crippen molar-refractivity contribution >= 4 is 23.2 Å². The number of primary amides is 1. The number of carbonyl (C=O) groups excluding carboxylic acids is 2. The van der Waals surface area contributed by atoms with Crippen LogP contribution in [0, 0.1) is 5.92 Å². The molecule has 1 saturated heterocycles. The maximum absolute atomic E-state index is 12.6. The Hall–Kier alpha value is -1.40. The van der Waals surface area contributed by atoms with Gasteiger partial charge in [0.15, 0.2) is 0 Å². The van der Waals surface area contributed by atoms with Gasteiger partial charge in [0.1, 0.15) is 0 Å². The molecule has 2 aliphatic rings. The maximum Gasteiger partial charge on any atom is 0.237 e. The normalized spacial score (nSPS) is 22.4. The molecule has 2 N–H and O–H groups in total. The molecule has 1 atom stereocenters. The molecule has 6 heteroatoms. The summed E-state index contributed by atoms with van der Waals surface area (Å²) >= 11 is 1.69. The molecule has 2 fully saturated rings. The number of amides is 2. The summed E-state index contributed by atoms with van der Waals surface area (Å²) in [6.45, 7) is 2.54. The minimum absolute atomic E-state index is 0.0931. The lowest BCUT2D eigenvalue weighted by molar-refractivity contribution is -0.133. The highest BCUT2D eigenvalue weighted by Gasteiger charge is 2.35. The summed E-state index contributed by atoms with van der Waals surface area (Å²) in [5.41, 5.74) is 5.34. The first-order chi connectivity index (χ1) is 10.1. The first kappa shape index (κ1) is 14.5. The van der Waals surface area contributed by atoms with Gasteiger partial charge < -0.3 is 10.6 Å². The molecule has 0 spiro atoms. The van der Waals surface area contributed by atoms with Crippen molar-refractivity contribution in [2.24, 2.45) is 11.7 Å². The predicted octanol–water partition coefficient (Wildman–Crippen LogP) is 1.05. The lowest BCUT2D eigenvalue weighted by Crippen LogP contribution is -2.40. The minimum Gasteiger partial charge on any atom is -0.369 e. The summed E-state index contributed by atoms with van der Waals surface area (Å²) in [5, 5.41) is 2.04. The van der Waals surface area contributed by atoms with E-state index in [1.54, 1.807) is 11.3 Å². The highest BCUT2D eigenvalue weighted by Crippen LogP contribution is 2.29. The zero-order valence-electron chi connectivity index (χ0n) is 12.0. The lowest BCUT2D eigenvalue weighted by Gasteiger charge is -2.25. The molecular formula is C15H21N3O2S. The van der Waals surface area contributed by atoms with Crippen LogP contribution in [0.3, 0.4) is 0 Å². The predicted molar refractivity (Wildman–Crippen MR) is 81.6 cm³/mol. The largest absolute Gasteiger partial charge is 0.369 e. The SMILES string of the molecule is NC(=O)[C@@H]1CCN(CC(=O)N(Cc2cccs2)C2CC2)C1. The van der Waals surface area contributed by atoms with E-state index >= 15 is 0 Å². The van der Waals surface area contributed by atoms with Gasteiger partial charge in [0.25, 0.3) is 0 Å². The Morgan fingerprint density at radius 2 is 2.19 bits per heavy atom. The number of hydrogen-bond donors (Lipinski definition) is 1. The smallest absolute Gasteiger partial charge is 0.237 e. The van der Waals surface area contributed by atoms with Gasteiger partial charge in [-0.05, 0) is 37.3 Å². The molecular weight excluding hydrogens is 286 g/mol. The number of hydrogen-bond acceptors (Lipinski definition) is 4. The van der Waals surface area contributed by atoms with Crippen LogP contribution in [0.1, 0.15) is 24.1 Å². The van der Waals surface area contributed by atoms with Crippen LogP contribution >= 0.6 is 11.3 Å². The van der Waals surface area contributed by atoms with Gasteiger partial charge in [-0.1, -0.05) is 6.07 Å². The van der Waals surface area contributed by atoms with Crippen LogP contribution in [-0.4, -0.2) is 47.3 Å². The third-order valence-corrected chi connectivity index (χ3v) is 5.11. The summed E-state index contributed by atoms with van der Waals surface area (Å²) < 4.78 is 0. The fourth-order valence-electron chi connectivity index (χ4n) is 2.87. The van der Waals surface area contributed by atoms with Crippen LogP contribution in [0.4, 0.5) is 0 Å². The average Bonchev–Trinajstić information content (AvgIpc) is 2.97. The Morgan fingerprint density at radius 3 is 2.76 bits per heavy atom. The second-order valence-electron chi connectivity index (χ2n) is 5.96. The molecule has 0 unspecified atom stereocenters. The number of nitrogens with two attached hydrogens (primary N) is 1. The van der Waals surface area contributed by atoms with Gasteiger partial charge in [0, 0.05) is 17.5 Å². The standard InChI is InChI=1S/C15H21N3O2S/c16-15(20)11-5-6-17(8-11)10-14(19)18(12-3-4-12)9-13-2-1-7-21-13/h1-2,7,11-12H,3-6,8-10H2,(H2,16,20)/t11-/m1/s1. The molecule has 114 valence electrons. The topological polar surface area (TPSA) is 66.6 Å². The van der Waals surface area contributed by atoms with Crippen molar-refractivity contribution < 1.29 is 9.59 Å².